The minimum absolute atomic E-state index is 0.00775. The number of alkyl halides is 2. The Balaban J connectivity index is 1.41. The van der Waals surface area contributed by atoms with Crippen LogP contribution in [0.15, 0.2) is 59.8 Å². The van der Waals surface area contributed by atoms with Crippen molar-refractivity contribution in [3.63, 3.8) is 0 Å². The molecule has 1 saturated carbocycles. The number of carbonyl (C=O) groups excluding carboxylic acids is 2. The monoisotopic (exact) mass is 759 g/mol. The van der Waals surface area contributed by atoms with Crippen LogP contribution in [0.3, 0.4) is 0 Å². The van der Waals surface area contributed by atoms with E-state index in [9.17, 15) is 32.0 Å². The fourth-order valence-electron chi connectivity index (χ4n) is 5.09. The highest BCUT2D eigenvalue weighted by Gasteiger charge is 2.42. The first-order valence-electron chi connectivity index (χ1n) is 15.3. The third-order valence-corrected chi connectivity index (χ3v) is 11.6. The van der Waals surface area contributed by atoms with Crippen molar-refractivity contribution >= 4 is 56.9 Å². The Bertz CT molecular complexity index is 1760. The second-order valence-corrected chi connectivity index (χ2v) is 15.4. The maximum Gasteiger partial charge on any atom is 0.387 e. The van der Waals surface area contributed by atoms with E-state index in [0.29, 0.717) is 29.0 Å². The highest BCUT2D eigenvalue weighted by molar-refractivity contribution is 8.02. The van der Waals surface area contributed by atoms with E-state index in [1.54, 1.807) is 12.1 Å². The molecule has 1 aliphatic carbocycles. The fourth-order valence-corrected chi connectivity index (χ4v) is 8.74. The van der Waals surface area contributed by atoms with Crippen molar-refractivity contribution in [1.29, 1.82) is 0 Å². The molecule has 2 aromatic carbocycles. The van der Waals surface area contributed by atoms with Gasteiger partial charge in [0.15, 0.2) is 29.3 Å². The van der Waals surface area contributed by atoms with E-state index < -0.39 is 34.1 Å². The lowest BCUT2D eigenvalue weighted by molar-refractivity contribution is -0.605. The molecule has 1 saturated heterocycles. The molecule has 1 N–H and O–H groups in total. The largest absolute Gasteiger partial charge is 0.619 e. The standard InChI is InChI=1S/C32H33Cl2F2N3O8S2/c1-19(40)37-11-10-20-4-7-23(8-5-20)49(43,44)39-12-13-48-30(39)31(41)46-28(15-24-25(33)16-38(42)17-26(24)34)22-6-9-27(47-32(35)36)29(14-22)45-18-21-2-3-21/h4-9,14,16-17,21,28,30,32H,2-3,10-13,15,18H2,1H3,(H,37,40)/t28-,30-/m0/s1. The average Bonchev–Trinajstić information content (AvgIpc) is 3.73. The van der Waals surface area contributed by atoms with Gasteiger partial charge in [-0.15, -0.1) is 11.8 Å². The lowest BCUT2D eigenvalue weighted by Gasteiger charge is -2.26. The SMILES string of the molecule is CC(=O)NCCc1ccc(S(=O)(=O)N2CCS[C@H]2C(=O)O[C@@H](Cc2c(Cl)c[n+]([O-])cc2Cl)c2ccc(OC(F)F)c(OCC3CC3)c2)cc1. The number of thioether (sulfide) groups is 1. The zero-order chi connectivity index (χ0) is 35.3. The van der Waals surface area contributed by atoms with Gasteiger partial charge in [-0.3, -0.25) is 4.79 Å². The van der Waals surface area contributed by atoms with Gasteiger partial charge in [0.2, 0.25) is 15.9 Å². The molecule has 1 amide bonds. The number of sulfonamides is 1. The Morgan fingerprint density at radius 3 is 2.43 bits per heavy atom. The molecular formula is C32H33Cl2F2N3O8S2. The number of hydrogen-bond acceptors (Lipinski definition) is 9. The number of ether oxygens (including phenoxy) is 3. The molecule has 264 valence electrons. The highest BCUT2D eigenvalue weighted by atomic mass is 35.5. The van der Waals surface area contributed by atoms with E-state index >= 15 is 0 Å². The van der Waals surface area contributed by atoms with Crippen molar-refractivity contribution in [2.24, 2.45) is 5.92 Å². The Labute approximate surface area is 296 Å². The van der Waals surface area contributed by atoms with Crippen LogP contribution in [0, 0.1) is 11.1 Å². The number of pyridine rings is 1. The summed E-state index contributed by atoms with van der Waals surface area (Å²) in [6, 6.07) is 10.3. The van der Waals surface area contributed by atoms with E-state index in [4.69, 9.17) is 32.7 Å². The number of amides is 1. The summed E-state index contributed by atoms with van der Waals surface area (Å²) >= 11 is 13.8. The lowest BCUT2D eigenvalue weighted by Crippen LogP contribution is -2.40. The molecule has 0 spiro atoms. The summed E-state index contributed by atoms with van der Waals surface area (Å²) in [6.45, 7) is -0.998. The predicted octanol–water partition coefficient (Wildman–Crippen LogP) is 5.29. The van der Waals surface area contributed by atoms with Gasteiger partial charge in [0.1, 0.15) is 16.1 Å². The van der Waals surface area contributed by atoms with Gasteiger partial charge in [-0.1, -0.05) is 41.4 Å². The number of nitrogens with one attached hydrogen (secondary N) is 1. The van der Waals surface area contributed by atoms with Crippen LogP contribution in [0.4, 0.5) is 8.78 Å². The van der Waals surface area contributed by atoms with Crippen LogP contribution in [-0.2, 0) is 37.2 Å². The second-order valence-electron chi connectivity index (χ2n) is 11.5. The Kier molecular flexibility index (Phi) is 12.1. The molecule has 0 radical (unpaired) electrons. The third-order valence-electron chi connectivity index (χ3n) is 7.80. The van der Waals surface area contributed by atoms with E-state index in [2.05, 4.69) is 10.1 Å². The Hall–Kier alpha value is -3.37. The maximum atomic E-state index is 13.8. The number of hydrogen-bond donors (Lipinski definition) is 1. The average molecular weight is 761 g/mol. The molecule has 2 atom stereocenters. The number of nitrogens with zero attached hydrogens (tertiary/aromatic N) is 2. The second kappa shape index (κ2) is 16.1. The number of esters is 1. The number of halogens is 4. The summed E-state index contributed by atoms with van der Waals surface area (Å²) in [4.78, 5) is 25.0. The summed E-state index contributed by atoms with van der Waals surface area (Å²) < 4.78 is 71.8. The molecule has 1 aromatic heterocycles. The number of benzene rings is 2. The van der Waals surface area contributed by atoms with Crippen LogP contribution in [0.25, 0.3) is 0 Å². The van der Waals surface area contributed by atoms with Gasteiger partial charge in [-0.05, 0) is 60.6 Å². The third kappa shape index (κ3) is 9.66. The first-order valence-corrected chi connectivity index (χ1v) is 18.5. The summed E-state index contributed by atoms with van der Waals surface area (Å²) in [5.41, 5.74) is 1.39. The molecule has 2 fully saturated rings. The lowest BCUT2D eigenvalue weighted by atomic mass is 10.0. The van der Waals surface area contributed by atoms with Crippen LogP contribution >= 0.6 is 35.0 Å². The van der Waals surface area contributed by atoms with E-state index in [1.165, 1.54) is 37.3 Å². The zero-order valence-corrected chi connectivity index (χ0v) is 29.3. The molecule has 5 rings (SSSR count). The molecule has 0 unspecified atom stereocenters. The van der Waals surface area contributed by atoms with Crippen molar-refractivity contribution in [1.82, 2.24) is 9.62 Å². The van der Waals surface area contributed by atoms with Gasteiger partial charge in [0, 0.05) is 37.8 Å². The number of aromatic nitrogens is 1. The maximum absolute atomic E-state index is 13.8. The zero-order valence-electron chi connectivity index (χ0n) is 26.2. The molecule has 1 aliphatic heterocycles. The predicted molar refractivity (Wildman–Crippen MR) is 178 cm³/mol. The van der Waals surface area contributed by atoms with Crippen LogP contribution in [-0.4, -0.2) is 62.0 Å². The van der Waals surface area contributed by atoms with Gasteiger partial charge in [-0.2, -0.15) is 17.8 Å². The van der Waals surface area contributed by atoms with Gasteiger partial charge < -0.3 is 24.7 Å². The Morgan fingerprint density at radius 1 is 1.10 bits per heavy atom. The molecule has 0 bridgehead atoms. The molecule has 17 heteroatoms. The van der Waals surface area contributed by atoms with Crippen LogP contribution < -0.4 is 19.5 Å². The van der Waals surface area contributed by atoms with Gasteiger partial charge in [-0.25, -0.2) is 13.2 Å². The molecule has 2 aliphatic rings. The Morgan fingerprint density at radius 2 is 1.80 bits per heavy atom. The van der Waals surface area contributed by atoms with Crippen molar-refractivity contribution in [3.8, 4) is 11.5 Å². The van der Waals surface area contributed by atoms with Crippen molar-refractivity contribution < 1.29 is 45.7 Å². The van der Waals surface area contributed by atoms with Gasteiger partial charge >= 0.3 is 12.6 Å². The normalized spacial score (nSPS) is 17.1. The van der Waals surface area contributed by atoms with E-state index in [-0.39, 0.29) is 63.4 Å². The van der Waals surface area contributed by atoms with Crippen molar-refractivity contribution in [2.75, 3.05) is 25.4 Å². The minimum Gasteiger partial charge on any atom is -0.619 e. The smallest absolute Gasteiger partial charge is 0.387 e. The van der Waals surface area contributed by atoms with Gasteiger partial charge in [0.05, 0.1) is 11.5 Å². The number of carbonyl (C=O) groups is 2. The van der Waals surface area contributed by atoms with Crippen molar-refractivity contribution in [2.45, 2.75) is 55.6 Å². The topological polar surface area (TPSA) is 138 Å². The number of rotatable bonds is 15. The molecule has 3 aromatic rings. The fraction of sp³-hybridized carbons (Fsp3) is 0.406. The minimum atomic E-state index is -4.14. The first kappa shape index (κ1) is 36.9. The summed E-state index contributed by atoms with van der Waals surface area (Å²) in [7, 11) is -4.14. The van der Waals surface area contributed by atoms with E-state index in [1.807, 2.05) is 0 Å². The van der Waals surface area contributed by atoms with Crippen LogP contribution in [0.1, 0.15) is 42.6 Å². The quantitative estimate of drug-likeness (QED) is 0.125. The van der Waals surface area contributed by atoms with Gasteiger partial charge in [0.25, 0.3) is 0 Å². The highest BCUT2D eigenvalue weighted by Crippen LogP contribution is 2.39. The van der Waals surface area contributed by atoms with E-state index in [0.717, 1.165) is 46.9 Å². The first-order chi connectivity index (χ1) is 23.3. The molecular weight excluding hydrogens is 727 g/mol. The van der Waals surface area contributed by atoms with Crippen LogP contribution in [0.5, 0.6) is 11.5 Å². The van der Waals surface area contributed by atoms with Crippen LogP contribution in [0.2, 0.25) is 10.0 Å². The summed E-state index contributed by atoms with van der Waals surface area (Å²) in [5, 5.41) is 13.3. The summed E-state index contributed by atoms with van der Waals surface area (Å²) in [6.07, 6.45) is 3.24. The molecule has 49 heavy (non-hydrogen) atoms. The summed E-state index contributed by atoms with van der Waals surface area (Å²) in [5.74, 6) is -0.651. The van der Waals surface area contributed by atoms with Crippen molar-refractivity contribution in [3.05, 3.63) is 86.8 Å². The molecule has 2 heterocycles. The molecule has 11 nitrogen and oxygen atoms in total.